The summed E-state index contributed by atoms with van der Waals surface area (Å²) in [6.07, 6.45) is 1.68. The van der Waals surface area contributed by atoms with Crippen molar-refractivity contribution in [3.63, 3.8) is 0 Å². The summed E-state index contributed by atoms with van der Waals surface area (Å²) in [6.45, 7) is 1.58. The van der Waals surface area contributed by atoms with Gasteiger partial charge in [-0.3, -0.25) is 4.79 Å². The van der Waals surface area contributed by atoms with Crippen LogP contribution in [0.5, 0.6) is 11.5 Å². The van der Waals surface area contributed by atoms with Crippen molar-refractivity contribution in [2.45, 2.75) is 6.92 Å². The van der Waals surface area contributed by atoms with Crippen LogP contribution in [-0.4, -0.2) is 30.3 Å². The van der Waals surface area contributed by atoms with Crippen molar-refractivity contribution in [2.75, 3.05) is 13.2 Å². The lowest BCUT2D eigenvalue weighted by Gasteiger charge is -2.13. The Bertz CT molecular complexity index is 1010. The van der Waals surface area contributed by atoms with E-state index in [1.165, 1.54) is 11.8 Å². The molecule has 150 valence electrons. The van der Waals surface area contributed by atoms with Gasteiger partial charge in [0.1, 0.15) is 6.61 Å². The maximum atomic E-state index is 12.3. The summed E-state index contributed by atoms with van der Waals surface area (Å²) in [6, 6.07) is 12.0. The van der Waals surface area contributed by atoms with Crippen LogP contribution in [0.25, 0.3) is 6.08 Å². The quantitative estimate of drug-likeness (QED) is 0.676. The molecule has 0 aliphatic carbocycles. The van der Waals surface area contributed by atoms with E-state index in [4.69, 9.17) is 21.1 Å². The van der Waals surface area contributed by atoms with E-state index in [2.05, 4.69) is 10.3 Å². The Labute approximate surface area is 176 Å². The molecule has 0 unspecified atom stereocenters. The summed E-state index contributed by atoms with van der Waals surface area (Å²) in [5.41, 5.74) is 1.25. The lowest BCUT2D eigenvalue weighted by atomic mass is 10.2. The van der Waals surface area contributed by atoms with Crippen LogP contribution in [0.15, 0.2) is 52.4 Å². The van der Waals surface area contributed by atoms with E-state index in [0.717, 1.165) is 0 Å². The molecule has 0 aromatic heterocycles. The van der Waals surface area contributed by atoms with Gasteiger partial charge in [0.05, 0.1) is 28.2 Å². The van der Waals surface area contributed by atoms with Crippen LogP contribution in [0.3, 0.4) is 0 Å². The monoisotopic (exact) mass is 431 g/mol. The number of rotatable bonds is 7. The summed E-state index contributed by atoms with van der Waals surface area (Å²) in [5.74, 6) is -0.960. The van der Waals surface area contributed by atoms with Crippen LogP contribution in [-0.2, 0) is 9.59 Å². The molecular weight excluding hydrogens is 416 g/mol. The molecule has 29 heavy (non-hydrogen) atoms. The number of aliphatic carboxylic acids is 1. The zero-order valence-electron chi connectivity index (χ0n) is 15.3. The van der Waals surface area contributed by atoms with Crippen molar-refractivity contribution < 1.29 is 24.2 Å². The third-order valence-electron chi connectivity index (χ3n) is 3.64. The number of nitrogens with zero attached hydrogens (tertiary/aromatic N) is 1. The summed E-state index contributed by atoms with van der Waals surface area (Å²) >= 11 is 7.29. The molecule has 1 aliphatic heterocycles. The topological polar surface area (TPSA) is 100 Å². The van der Waals surface area contributed by atoms with Crippen LogP contribution >= 0.6 is 23.4 Å². The SMILES string of the molecule is CCOc1cc(/C=C2/SC(=Nc3ccccc3Cl)NC2=O)ccc1OCC(=O)[O-]. The fraction of sp³-hybridized carbons (Fsp3) is 0.150. The first-order valence-corrected chi connectivity index (χ1v) is 9.79. The number of benzene rings is 2. The maximum Gasteiger partial charge on any atom is 0.264 e. The van der Waals surface area contributed by atoms with Crippen LogP contribution in [0.1, 0.15) is 12.5 Å². The van der Waals surface area contributed by atoms with E-state index in [9.17, 15) is 14.7 Å². The number of carboxylic acid groups (broad SMARTS) is 1. The number of aliphatic imine (C=N–C) groups is 1. The zero-order valence-corrected chi connectivity index (χ0v) is 16.9. The Morgan fingerprint density at radius 2 is 2.03 bits per heavy atom. The van der Waals surface area contributed by atoms with E-state index in [1.54, 1.807) is 49.4 Å². The molecule has 0 spiro atoms. The average molecular weight is 432 g/mol. The number of thioether (sulfide) groups is 1. The van der Waals surface area contributed by atoms with E-state index in [0.29, 0.717) is 38.7 Å². The van der Waals surface area contributed by atoms with Gasteiger partial charge in [-0.15, -0.1) is 0 Å². The molecule has 1 heterocycles. The van der Waals surface area contributed by atoms with Crippen LogP contribution in [0.4, 0.5) is 5.69 Å². The van der Waals surface area contributed by atoms with E-state index in [1.807, 2.05) is 6.07 Å². The largest absolute Gasteiger partial charge is 0.546 e. The highest BCUT2D eigenvalue weighted by Gasteiger charge is 2.24. The van der Waals surface area contributed by atoms with Gasteiger partial charge < -0.3 is 24.7 Å². The van der Waals surface area contributed by atoms with Gasteiger partial charge in [-0.1, -0.05) is 29.8 Å². The molecule has 0 bridgehead atoms. The molecule has 1 N–H and O–H groups in total. The van der Waals surface area contributed by atoms with Crippen LogP contribution < -0.4 is 19.9 Å². The van der Waals surface area contributed by atoms with Gasteiger partial charge in [-0.2, -0.15) is 0 Å². The Morgan fingerprint density at radius 3 is 2.76 bits per heavy atom. The number of carboxylic acids is 1. The molecule has 3 rings (SSSR count). The number of nitrogens with one attached hydrogen (secondary N) is 1. The maximum absolute atomic E-state index is 12.3. The Kier molecular flexibility index (Phi) is 6.79. The van der Waals surface area contributed by atoms with Crippen molar-refractivity contribution in [3.05, 3.63) is 58.0 Å². The molecular formula is C20H16ClN2O5S-. The molecule has 0 saturated carbocycles. The van der Waals surface area contributed by atoms with Gasteiger partial charge in [-0.25, -0.2) is 4.99 Å². The minimum absolute atomic E-state index is 0.280. The number of carbonyl (C=O) groups is 2. The number of hydrogen-bond donors (Lipinski definition) is 1. The molecule has 1 fully saturated rings. The highest BCUT2D eigenvalue weighted by atomic mass is 35.5. The van der Waals surface area contributed by atoms with Crippen molar-refractivity contribution in [3.8, 4) is 11.5 Å². The molecule has 1 saturated heterocycles. The number of amides is 1. The minimum Gasteiger partial charge on any atom is -0.546 e. The number of ether oxygens (including phenoxy) is 2. The molecule has 2 aromatic rings. The molecule has 1 amide bonds. The van der Waals surface area contributed by atoms with E-state index < -0.39 is 12.6 Å². The smallest absolute Gasteiger partial charge is 0.264 e. The van der Waals surface area contributed by atoms with Gasteiger partial charge in [0.2, 0.25) is 0 Å². The minimum atomic E-state index is -1.33. The predicted octanol–water partition coefficient (Wildman–Crippen LogP) is 2.76. The van der Waals surface area contributed by atoms with E-state index in [-0.39, 0.29) is 11.7 Å². The van der Waals surface area contributed by atoms with E-state index >= 15 is 0 Å². The van der Waals surface area contributed by atoms with Gasteiger partial charge in [-0.05, 0) is 54.6 Å². The fourth-order valence-corrected chi connectivity index (χ4v) is 3.44. The number of carbonyl (C=O) groups excluding carboxylic acids is 2. The first kappa shape index (κ1) is 20.8. The Hall–Kier alpha value is -2.97. The fourth-order valence-electron chi connectivity index (χ4n) is 2.42. The molecule has 7 nitrogen and oxygen atoms in total. The average Bonchev–Trinajstić information content (AvgIpc) is 3.02. The normalized spacial score (nSPS) is 16.1. The number of halogens is 1. The number of para-hydroxylation sites is 1. The second kappa shape index (κ2) is 9.49. The van der Waals surface area contributed by atoms with Gasteiger partial charge >= 0.3 is 0 Å². The highest BCUT2D eigenvalue weighted by Crippen LogP contribution is 2.33. The van der Waals surface area contributed by atoms with Gasteiger partial charge in [0.25, 0.3) is 5.91 Å². The third kappa shape index (κ3) is 5.52. The number of amidine groups is 1. The first-order valence-electron chi connectivity index (χ1n) is 8.60. The van der Waals surface area contributed by atoms with Gasteiger partial charge in [0, 0.05) is 0 Å². The second-order valence-corrected chi connectivity index (χ2v) is 7.17. The van der Waals surface area contributed by atoms with Crippen molar-refractivity contribution in [1.82, 2.24) is 5.32 Å². The molecule has 9 heteroatoms. The third-order valence-corrected chi connectivity index (χ3v) is 4.87. The summed E-state index contributed by atoms with van der Waals surface area (Å²) in [5, 5.41) is 14.2. The predicted molar refractivity (Wildman–Crippen MR) is 110 cm³/mol. The van der Waals surface area contributed by atoms with Gasteiger partial charge in [0.15, 0.2) is 16.7 Å². The lowest BCUT2D eigenvalue weighted by molar-refractivity contribution is -0.307. The molecule has 2 aromatic carbocycles. The Morgan fingerprint density at radius 1 is 1.24 bits per heavy atom. The summed E-state index contributed by atoms with van der Waals surface area (Å²) in [7, 11) is 0. The Balaban J connectivity index is 1.82. The van der Waals surface area contributed by atoms with Crippen molar-refractivity contribution in [2.24, 2.45) is 4.99 Å². The van der Waals surface area contributed by atoms with Crippen molar-refractivity contribution in [1.29, 1.82) is 0 Å². The van der Waals surface area contributed by atoms with Crippen LogP contribution in [0, 0.1) is 0 Å². The first-order chi connectivity index (χ1) is 14.0. The summed E-state index contributed by atoms with van der Waals surface area (Å²) < 4.78 is 10.7. The zero-order chi connectivity index (χ0) is 20.8. The standard InChI is InChI=1S/C20H17ClN2O5S/c1-2-27-16-9-12(7-8-15(16)28-11-18(24)25)10-17-19(26)23-20(29-17)22-14-6-4-3-5-13(14)21/h3-10H,2,11H2,1H3,(H,24,25)(H,22,23,26)/p-1/b17-10+. The summed E-state index contributed by atoms with van der Waals surface area (Å²) in [4.78, 5) is 27.7. The van der Waals surface area contributed by atoms with Crippen molar-refractivity contribution >= 4 is 52.2 Å². The molecule has 0 atom stereocenters. The second-order valence-electron chi connectivity index (χ2n) is 5.73. The lowest BCUT2D eigenvalue weighted by Crippen LogP contribution is -2.29. The van der Waals surface area contributed by atoms with Crippen LogP contribution in [0.2, 0.25) is 5.02 Å². The molecule has 1 aliphatic rings. The highest BCUT2D eigenvalue weighted by molar-refractivity contribution is 8.18. The molecule has 0 radical (unpaired) electrons. The number of hydrogen-bond acceptors (Lipinski definition) is 7.